The summed E-state index contributed by atoms with van der Waals surface area (Å²) in [6.07, 6.45) is 3.98. The highest BCUT2D eigenvalue weighted by Gasteiger charge is 2.19. The number of unbranched alkanes of at least 4 members (excludes halogenated alkanes) is 1. The van der Waals surface area contributed by atoms with Gasteiger partial charge in [-0.1, -0.05) is 6.92 Å². The minimum absolute atomic E-state index is 0.431. The second-order valence-corrected chi connectivity index (χ2v) is 8.57. The molecular formula is C13H24N2O2S3. The monoisotopic (exact) mass is 336 g/mol. The minimum Gasteiger partial charge on any atom is -0.312 e. The summed E-state index contributed by atoms with van der Waals surface area (Å²) in [7, 11) is -3.36. The van der Waals surface area contributed by atoms with Gasteiger partial charge in [0.05, 0.1) is 4.90 Å². The Morgan fingerprint density at radius 3 is 2.75 bits per heavy atom. The third-order valence-electron chi connectivity index (χ3n) is 2.83. The van der Waals surface area contributed by atoms with E-state index in [0.717, 1.165) is 41.4 Å². The molecular weight excluding hydrogens is 312 g/mol. The average molecular weight is 337 g/mol. The lowest BCUT2D eigenvalue weighted by Crippen LogP contribution is -2.25. The van der Waals surface area contributed by atoms with Gasteiger partial charge in [0, 0.05) is 22.8 Å². The maximum atomic E-state index is 12.2. The van der Waals surface area contributed by atoms with Crippen molar-refractivity contribution in [1.29, 1.82) is 0 Å². The molecule has 2 N–H and O–H groups in total. The van der Waals surface area contributed by atoms with Crippen molar-refractivity contribution in [3.8, 4) is 0 Å². The average Bonchev–Trinajstić information content (AvgIpc) is 2.78. The summed E-state index contributed by atoms with van der Waals surface area (Å²) in [6.45, 7) is 6.02. The van der Waals surface area contributed by atoms with Crippen molar-refractivity contribution < 1.29 is 8.42 Å². The molecule has 0 saturated heterocycles. The van der Waals surface area contributed by atoms with E-state index < -0.39 is 10.0 Å². The summed E-state index contributed by atoms with van der Waals surface area (Å²) in [5, 5.41) is 3.22. The first-order valence-electron chi connectivity index (χ1n) is 6.80. The molecule has 116 valence electrons. The van der Waals surface area contributed by atoms with Crippen LogP contribution in [-0.2, 0) is 16.6 Å². The van der Waals surface area contributed by atoms with Crippen LogP contribution in [0.3, 0.4) is 0 Å². The third-order valence-corrected chi connectivity index (χ3v) is 6.29. The molecule has 0 atom stereocenters. The van der Waals surface area contributed by atoms with E-state index in [0.29, 0.717) is 11.4 Å². The quantitative estimate of drug-likeness (QED) is 0.645. The Morgan fingerprint density at radius 2 is 2.10 bits per heavy atom. The molecule has 0 aromatic carbocycles. The summed E-state index contributed by atoms with van der Waals surface area (Å²) >= 11 is 3.33. The van der Waals surface area contributed by atoms with Crippen molar-refractivity contribution in [2.75, 3.05) is 25.1 Å². The fraction of sp³-hybridized carbons (Fsp3) is 0.692. The molecule has 7 heteroatoms. The topological polar surface area (TPSA) is 58.2 Å². The first kappa shape index (κ1) is 18.0. The molecule has 0 amide bonds. The Morgan fingerprint density at radius 1 is 1.35 bits per heavy atom. The highest BCUT2D eigenvalue weighted by atomic mass is 32.2. The van der Waals surface area contributed by atoms with Crippen LogP contribution in [0.1, 0.15) is 29.5 Å². The van der Waals surface area contributed by atoms with Gasteiger partial charge in [0.15, 0.2) is 0 Å². The predicted molar refractivity (Wildman–Crippen MR) is 89.2 cm³/mol. The number of thiophene rings is 1. The second-order valence-electron chi connectivity index (χ2n) is 4.51. The van der Waals surface area contributed by atoms with E-state index in [1.165, 1.54) is 0 Å². The Hall–Kier alpha value is -0.0800. The second kappa shape index (κ2) is 9.04. The smallest absolute Gasteiger partial charge is 0.241 e. The molecule has 0 aliphatic heterocycles. The Balaban J connectivity index is 2.60. The molecule has 0 spiro atoms. The fourth-order valence-electron chi connectivity index (χ4n) is 1.78. The van der Waals surface area contributed by atoms with Gasteiger partial charge in [-0.05, 0) is 44.4 Å². The van der Waals surface area contributed by atoms with Crippen molar-refractivity contribution in [2.45, 2.75) is 38.1 Å². The van der Waals surface area contributed by atoms with Gasteiger partial charge >= 0.3 is 0 Å². The zero-order valence-electron chi connectivity index (χ0n) is 12.4. The van der Waals surface area contributed by atoms with Crippen LogP contribution in [0, 0.1) is 6.92 Å². The van der Waals surface area contributed by atoms with Crippen molar-refractivity contribution in [3.63, 3.8) is 0 Å². The summed E-state index contributed by atoms with van der Waals surface area (Å²) in [6, 6.07) is 1.78. The Bertz CT molecular complexity index is 498. The van der Waals surface area contributed by atoms with Crippen LogP contribution in [0.25, 0.3) is 0 Å². The molecule has 1 heterocycles. The Labute approximate surface area is 130 Å². The molecule has 1 aromatic rings. The molecule has 1 rings (SSSR count). The van der Waals surface area contributed by atoms with E-state index in [-0.39, 0.29) is 0 Å². The van der Waals surface area contributed by atoms with Crippen LogP contribution >= 0.6 is 23.1 Å². The van der Waals surface area contributed by atoms with Gasteiger partial charge in [0.2, 0.25) is 10.0 Å². The fourth-order valence-corrected chi connectivity index (χ4v) is 4.95. The van der Waals surface area contributed by atoms with Crippen LogP contribution in [0.5, 0.6) is 0 Å². The van der Waals surface area contributed by atoms with Gasteiger partial charge in [-0.15, -0.1) is 11.3 Å². The summed E-state index contributed by atoms with van der Waals surface area (Å²) in [5.74, 6) is 1.08. The molecule has 0 aliphatic rings. The zero-order chi connectivity index (χ0) is 15.0. The lowest BCUT2D eigenvalue weighted by molar-refractivity contribution is 0.578. The molecule has 20 heavy (non-hydrogen) atoms. The van der Waals surface area contributed by atoms with Crippen LogP contribution < -0.4 is 10.0 Å². The first-order valence-corrected chi connectivity index (χ1v) is 10.5. The number of nitrogens with one attached hydrogen (secondary N) is 2. The Kier molecular flexibility index (Phi) is 8.13. The van der Waals surface area contributed by atoms with E-state index in [1.54, 1.807) is 29.2 Å². The van der Waals surface area contributed by atoms with Gasteiger partial charge in [-0.2, -0.15) is 11.8 Å². The molecule has 0 saturated carbocycles. The minimum atomic E-state index is -3.36. The maximum absolute atomic E-state index is 12.2. The maximum Gasteiger partial charge on any atom is 0.241 e. The van der Waals surface area contributed by atoms with E-state index in [9.17, 15) is 8.42 Å². The largest absolute Gasteiger partial charge is 0.312 e. The summed E-state index contributed by atoms with van der Waals surface area (Å²) in [4.78, 5) is 2.35. The van der Waals surface area contributed by atoms with Crippen molar-refractivity contribution >= 4 is 33.1 Å². The normalized spacial score (nSPS) is 11.9. The molecule has 4 nitrogen and oxygen atoms in total. The van der Waals surface area contributed by atoms with Gasteiger partial charge in [-0.3, -0.25) is 0 Å². The molecule has 0 fully saturated rings. The number of hydrogen-bond donors (Lipinski definition) is 2. The molecule has 0 radical (unpaired) electrons. The number of sulfonamides is 1. The van der Waals surface area contributed by atoms with Gasteiger partial charge in [0.1, 0.15) is 0 Å². The lowest BCUT2D eigenvalue weighted by atomic mass is 10.3. The van der Waals surface area contributed by atoms with Crippen molar-refractivity contribution in [3.05, 3.63) is 15.8 Å². The van der Waals surface area contributed by atoms with Gasteiger partial charge in [0.25, 0.3) is 0 Å². The van der Waals surface area contributed by atoms with Crippen LogP contribution in [0.4, 0.5) is 0 Å². The number of aryl methyl sites for hydroxylation is 1. The summed E-state index contributed by atoms with van der Waals surface area (Å²) < 4.78 is 27.2. The van der Waals surface area contributed by atoms with Crippen LogP contribution in [-0.4, -0.2) is 33.5 Å². The van der Waals surface area contributed by atoms with Crippen molar-refractivity contribution in [2.24, 2.45) is 0 Å². The molecule has 0 unspecified atom stereocenters. The van der Waals surface area contributed by atoms with E-state index in [2.05, 4.69) is 16.3 Å². The first-order chi connectivity index (χ1) is 9.51. The lowest BCUT2D eigenvalue weighted by Gasteiger charge is -2.05. The van der Waals surface area contributed by atoms with E-state index in [4.69, 9.17) is 0 Å². The number of rotatable bonds is 10. The predicted octanol–water partition coefficient (Wildman–Crippen LogP) is 2.59. The van der Waals surface area contributed by atoms with E-state index in [1.807, 2.05) is 13.8 Å². The van der Waals surface area contributed by atoms with Crippen LogP contribution in [0.15, 0.2) is 11.0 Å². The highest BCUT2D eigenvalue weighted by molar-refractivity contribution is 7.98. The molecule has 1 aromatic heterocycles. The standard InChI is InChI=1S/C13H24N2O2S3/c1-4-14-10-12-9-13(11(2)19-12)20(16,17)15-7-5-6-8-18-3/h9,14-15H,4-8,10H2,1-3H3. The van der Waals surface area contributed by atoms with Gasteiger partial charge in [-0.25, -0.2) is 13.1 Å². The highest BCUT2D eigenvalue weighted by Crippen LogP contribution is 2.25. The summed E-state index contributed by atoms with van der Waals surface area (Å²) in [5.41, 5.74) is 0. The molecule has 0 bridgehead atoms. The molecule has 0 aliphatic carbocycles. The van der Waals surface area contributed by atoms with E-state index >= 15 is 0 Å². The van der Waals surface area contributed by atoms with Gasteiger partial charge < -0.3 is 5.32 Å². The number of thioether (sulfide) groups is 1. The SMILES string of the molecule is CCNCc1cc(S(=O)(=O)NCCCCSC)c(C)s1. The van der Waals surface area contributed by atoms with Crippen LogP contribution in [0.2, 0.25) is 0 Å². The third kappa shape index (κ3) is 5.73. The van der Waals surface area contributed by atoms with Crippen molar-refractivity contribution in [1.82, 2.24) is 10.0 Å². The number of hydrogen-bond acceptors (Lipinski definition) is 5. The zero-order valence-corrected chi connectivity index (χ0v) is 14.8.